The highest BCUT2D eigenvalue weighted by Gasteiger charge is 2.26. The predicted molar refractivity (Wildman–Crippen MR) is 42.6 cm³/mol. The van der Waals surface area contributed by atoms with Gasteiger partial charge in [0.25, 0.3) is 0 Å². The van der Waals surface area contributed by atoms with Gasteiger partial charge in [0.1, 0.15) is 11.2 Å². The summed E-state index contributed by atoms with van der Waals surface area (Å²) in [5, 5.41) is 10.2. The van der Waals surface area contributed by atoms with Crippen molar-refractivity contribution in [3.63, 3.8) is 0 Å². The van der Waals surface area contributed by atoms with E-state index in [9.17, 15) is 4.79 Å². The molecule has 0 bridgehead atoms. The number of nitrogens with zero attached hydrogens (tertiary/aromatic N) is 1. The summed E-state index contributed by atoms with van der Waals surface area (Å²) in [7, 11) is 0. The molecule has 0 aromatic heterocycles. The third-order valence-corrected chi connectivity index (χ3v) is 2.12. The van der Waals surface area contributed by atoms with E-state index in [0.29, 0.717) is 6.42 Å². The molecule has 56 valence electrons. The maximum Gasteiger partial charge on any atom is 0.149 e. The molecule has 0 aliphatic heterocycles. The van der Waals surface area contributed by atoms with Gasteiger partial charge < -0.3 is 0 Å². The number of carbonyl (C=O) groups is 1. The van der Waals surface area contributed by atoms with Crippen molar-refractivity contribution in [1.29, 1.82) is 5.26 Å². The van der Waals surface area contributed by atoms with Crippen molar-refractivity contribution in [3.05, 3.63) is 0 Å². The third-order valence-electron chi connectivity index (χ3n) is 1.29. The number of nitriles is 1. The molecule has 0 radical (unpaired) electrons. The van der Waals surface area contributed by atoms with Crippen LogP contribution in [0.2, 0.25) is 0 Å². The van der Waals surface area contributed by atoms with Crippen molar-refractivity contribution >= 4 is 17.5 Å². The van der Waals surface area contributed by atoms with Gasteiger partial charge in [-0.3, -0.25) is 4.79 Å². The Morgan fingerprint density at radius 3 is 2.50 bits per heavy atom. The summed E-state index contributed by atoms with van der Waals surface area (Å²) in [6, 6.07) is 0. The average Bonchev–Trinajstić information content (AvgIpc) is 1.86. The van der Waals surface area contributed by atoms with Crippen LogP contribution >= 0.6 is 11.8 Å². The molecule has 0 spiro atoms. The van der Waals surface area contributed by atoms with Crippen LogP contribution in [0.25, 0.3) is 0 Å². The molecule has 0 rings (SSSR count). The van der Waals surface area contributed by atoms with Crippen LogP contribution in [0.15, 0.2) is 0 Å². The second kappa shape index (κ2) is 3.62. The summed E-state index contributed by atoms with van der Waals surface area (Å²) in [6.07, 6.45) is 0.502. The lowest BCUT2D eigenvalue weighted by Crippen LogP contribution is -2.26. The van der Waals surface area contributed by atoms with Gasteiger partial charge in [0.15, 0.2) is 0 Å². The van der Waals surface area contributed by atoms with Crippen LogP contribution in [-0.4, -0.2) is 10.5 Å². The minimum Gasteiger partial charge on any atom is -0.298 e. The van der Waals surface area contributed by atoms with Gasteiger partial charge in [-0.1, -0.05) is 6.92 Å². The van der Waals surface area contributed by atoms with Gasteiger partial charge in [-0.2, -0.15) is 5.26 Å². The fourth-order valence-corrected chi connectivity index (χ4v) is 1.08. The first-order valence-electron chi connectivity index (χ1n) is 3.15. The summed E-state index contributed by atoms with van der Waals surface area (Å²) in [6.45, 7) is 5.35. The fraction of sp³-hybridized carbons (Fsp3) is 0.714. The van der Waals surface area contributed by atoms with E-state index in [2.05, 4.69) is 0 Å². The fourth-order valence-electron chi connectivity index (χ4n) is 0.597. The topological polar surface area (TPSA) is 40.9 Å². The molecule has 0 aliphatic carbocycles. The Bertz CT molecular complexity index is 169. The van der Waals surface area contributed by atoms with Gasteiger partial charge in [-0.15, -0.1) is 0 Å². The second-order valence-electron chi connectivity index (χ2n) is 2.48. The van der Waals surface area contributed by atoms with Crippen molar-refractivity contribution in [3.8, 4) is 5.40 Å². The van der Waals surface area contributed by atoms with E-state index < -0.39 is 4.75 Å². The maximum atomic E-state index is 11.1. The molecule has 0 unspecified atom stereocenters. The highest BCUT2D eigenvalue weighted by molar-refractivity contribution is 8.05. The molecule has 0 amide bonds. The van der Waals surface area contributed by atoms with E-state index in [1.807, 2.05) is 12.3 Å². The zero-order valence-electron chi connectivity index (χ0n) is 6.47. The van der Waals surface area contributed by atoms with Crippen LogP contribution in [0.4, 0.5) is 0 Å². The first-order chi connectivity index (χ1) is 4.54. The first-order valence-corrected chi connectivity index (χ1v) is 3.96. The zero-order chi connectivity index (χ0) is 8.20. The number of hydrogen-bond acceptors (Lipinski definition) is 3. The minimum absolute atomic E-state index is 0.124. The summed E-state index contributed by atoms with van der Waals surface area (Å²) >= 11 is 1.02. The maximum absolute atomic E-state index is 11.1. The minimum atomic E-state index is -0.524. The van der Waals surface area contributed by atoms with Crippen molar-refractivity contribution in [2.75, 3.05) is 0 Å². The molecule has 0 aromatic rings. The normalized spacial score (nSPS) is 10.6. The van der Waals surface area contributed by atoms with E-state index in [1.165, 1.54) is 0 Å². The van der Waals surface area contributed by atoms with Gasteiger partial charge in [-0.25, -0.2) is 0 Å². The number of hydrogen-bond donors (Lipinski definition) is 0. The molecule has 0 saturated carbocycles. The van der Waals surface area contributed by atoms with Crippen LogP contribution in [-0.2, 0) is 4.79 Å². The monoisotopic (exact) mass is 157 g/mol. The van der Waals surface area contributed by atoms with Crippen molar-refractivity contribution in [1.82, 2.24) is 0 Å². The predicted octanol–water partition coefficient (Wildman–Crippen LogP) is 1.96. The number of ketones is 1. The lowest BCUT2D eigenvalue weighted by Gasteiger charge is -2.16. The molecule has 0 heterocycles. The Morgan fingerprint density at radius 2 is 2.20 bits per heavy atom. The highest BCUT2D eigenvalue weighted by Crippen LogP contribution is 2.24. The van der Waals surface area contributed by atoms with Crippen molar-refractivity contribution < 1.29 is 4.79 Å². The van der Waals surface area contributed by atoms with Gasteiger partial charge in [0.2, 0.25) is 0 Å². The molecular formula is C7H11NOS. The molecule has 0 aromatic carbocycles. The number of thioether (sulfide) groups is 1. The number of carbonyl (C=O) groups excluding carboxylic acids is 1. The smallest absolute Gasteiger partial charge is 0.149 e. The molecule has 0 fully saturated rings. The van der Waals surface area contributed by atoms with Crippen LogP contribution in [0.3, 0.4) is 0 Å². The average molecular weight is 157 g/mol. The van der Waals surface area contributed by atoms with Crippen LogP contribution in [0.1, 0.15) is 27.2 Å². The summed E-state index contributed by atoms with van der Waals surface area (Å²) < 4.78 is -0.524. The van der Waals surface area contributed by atoms with Gasteiger partial charge in [0.05, 0.1) is 4.75 Å². The van der Waals surface area contributed by atoms with E-state index in [4.69, 9.17) is 5.26 Å². The molecule has 2 nitrogen and oxygen atoms in total. The van der Waals surface area contributed by atoms with Gasteiger partial charge in [-0.05, 0) is 25.6 Å². The van der Waals surface area contributed by atoms with Gasteiger partial charge >= 0.3 is 0 Å². The summed E-state index contributed by atoms with van der Waals surface area (Å²) in [4.78, 5) is 11.1. The SMILES string of the molecule is CCC(=O)C(C)(C)SC#N. The number of thiocyanates is 1. The van der Waals surface area contributed by atoms with Crippen LogP contribution in [0.5, 0.6) is 0 Å². The van der Waals surface area contributed by atoms with E-state index in [1.54, 1.807) is 13.8 Å². The Morgan fingerprint density at radius 1 is 1.70 bits per heavy atom. The Hall–Kier alpha value is -0.490. The van der Waals surface area contributed by atoms with E-state index >= 15 is 0 Å². The summed E-state index contributed by atoms with van der Waals surface area (Å²) in [5.41, 5.74) is 0. The molecular weight excluding hydrogens is 146 g/mol. The Kier molecular flexibility index (Phi) is 3.45. The zero-order valence-corrected chi connectivity index (χ0v) is 7.29. The lowest BCUT2D eigenvalue weighted by molar-refractivity contribution is -0.120. The Balaban J connectivity index is 4.13. The van der Waals surface area contributed by atoms with Gasteiger partial charge in [0, 0.05) is 6.42 Å². The van der Waals surface area contributed by atoms with E-state index in [-0.39, 0.29) is 5.78 Å². The van der Waals surface area contributed by atoms with Crippen LogP contribution < -0.4 is 0 Å². The molecule has 0 atom stereocenters. The second-order valence-corrected chi connectivity index (χ2v) is 3.89. The largest absolute Gasteiger partial charge is 0.298 e. The summed E-state index contributed by atoms with van der Waals surface area (Å²) in [5.74, 6) is 0.124. The van der Waals surface area contributed by atoms with E-state index in [0.717, 1.165) is 11.8 Å². The van der Waals surface area contributed by atoms with Crippen LogP contribution in [0, 0.1) is 10.7 Å². The molecule has 0 saturated heterocycles. The molecule has 0 N–H and O–H groups in total. The third kappa shape index (κ3) is 2.40. The van der Waals surface area contributed by atoms with Crippen molar-refractivity contribution in [2.45, 2.75) is 31.9 Å². The number of Topliss-reactive ketones (excluding diaryl/α,β-unsaturated/α-hetero) is 1. The Labute approximate surface area is 65.6 Å². The lowest BCUT2D eigenvalue weighted by atomic mass is 10.1. The first kappa shape index (κ1) is 9.51. The molecule has 3 heteroatoms. The molecule has 10 heavy (non-hydrogen) atoms. The highest BCUT2D eigenvalue weighted by atomic mass is 32.2. The number of rotatable bonds is 3. The van der Waals surface area contributed by atoms with Crippen molar-refractivity contribution in [2.24, 2.45) is 0 Å². The standard InChI is InChI=1S/C7H11NOS/c1-4-6(9)7(2,3)10-5-8/h4H2,1-3H3. The molecule has 0 aliphatic rings. The quantitative estimate of drug-likeness (QED) is 0.588.